The van der Waals surface area contributed by atoms with E-state index in [2.05, 4.69) is 46.9 Å². The molecular formula is C16H27BrCl2N2O2. The van der Waals surface area contributed by atoms with Gasteiger partial charge in [0.2, 0.25) is 0 Å². The maximum atomic E-state index is 10.5. The molecule has 0 radical (unpaired) electrons. The van der Waals surface area contributed by atoms with Crippen molar-refractivity contribution in [1.82, 2.24) is 10.2 Å². The van der Waals surface area contributed by atoms with Crippen LogP contribution in [0.4, 0.5) is 0 Å². The fourth-order valence-electron chi connectivity index (χ4n) is 3.07. The van der Waals surface area contributed by atoms with E-state index in [1.807, 2.05) is 6.07 Å². The predicted octanol–water partition coefficient (Wildman–Crippen LogP) is 4.00. The summed E-state index contributed by atoms with van der Waals surface area (Å²) in [6, 6.07) is 3.90. The largest absolute Gasteiger partial charge is 0.506 e. The molecule has 2 N–H and O–H groups in total. The van der Waals surface area contributed by atoms with Gasteiger partial charge in [-0.05, 0) is 33.5 Å². The van der Waals surface area contributed by atoms with Crippen molar-refractivity contribution >= 4 is 40.7 Å². The SMILES string of the molecule is COc1cc(Br)c(O)c([C@H](N2CCNCC2)C(C)(C)C)c1.Cl.Cl. The zero-order valence-corrected chi connectivity index (χ0v) is 17.3. The summed E-state index contributed by atoms with van der Waals surface area (Å²) < 4.78 is 6.05. The van der Waals surface area contributed by atoms with Crippen LogP contribution in [0.15, 0.2) is 16.6 Å². The minimum absolute atomic E-state index is 0. The highest BCUT2D eigenvalue weighted by Gasteiger charge is 2.35. The first-order valence-electron chi connectivity index (χ1n) is 7.35. The Morgan fingerprint density at radius 2 is 1.78 bits per heavy atom. The van der Waals surface area contributed by atoms with Crippen LogP contribution in [0.25, 0.3) is 0 Å². The van der Waals surface area contributed by atoms with Crippen LogP contribution < -0.4 is 10.1 Å². The first-order valence-corrected chi connectivity index (χ1v) is 8.15. The van der Waals surface area contributed by atoms with Gasteiger partial charge in [-0.2, -0.15) is 0 Å². The average molecular weight is 430 g/mol. The molecule has 1 atom stereocenters. The van der Waals surface area contributed by atoms with Crippen molar-refractivity contribution in [2.45, 2.75) is 26.8 Å². The number of nitrogens with zero attached hydrogens (tertiary/aromatic N) is 1. The van der Waals surface area contributed by atoms with E-state index >= 15 is 0 Å². The van der Waals surface area contributed by atoms with E-state index in [4.69, 9.17) is 4.74 Å². The number of methoxy groups -OCH3 is 1. The number of piperazine rings is 1. The molecule has 4 nitrogen and oxygen atoms in total. The number of aromatic hydroxyl groups is 1. The summed E-state index contributed by atoms with van der Waals surface area (Å²) in [5.41, 5.74) is 0.941. The van der Waals surface area contributed by atoms with Crippen molar-refractivity contribution in [2.75, 3.05) is 33.3 Å². The number of benzene rings is 1. The van der Waals surface area contributed by atoms with Gasteiger partial charge in [-0.15, -0.1) is 24.8 Å². The molecule has 0 unspecified atom stereocenters. The van der Waals surface area contributed by atoms with Gasteiger partial charge in [0.1, 0.15) is 11.5 Å². The maximum Gasteiger partial charge on any atom is 0.134 e. The summed E-state index contributed by atoms with van der Waals surface area (Å²) >= 11 is 3.44. The fourth-order valence-corrected chi connectivity index (χ4v) is 3.53. The Labute approximate surface area is 159 Å². The van der Waals surface area contributed by atoms with E-state index in [9.17, 15) is 5.11 Å². The van der Waals surface area contributed by atoms with Crippen LogP contribution >= 0.6 is 40.7 Å². The van der Waals surface area contributed by atoms with Gasteiger partial charge in [0, 0.05) is 37.8 Å². The highest BCUT2D eigenvalue weighted by molar-refractivity contribution is 9.10. The summed E-state index contributed by atoms with van der Waals surface area (Å²) in [6.07, 6.45) is 0. The topological polar surface area (TPSA) is 44.7 Å². The molecule has 1 aliphatic rings. The lowest BCUT2D eigenvalue weighted by atomic mass is 9.80. The number of phenolic OH excluding ortho intramolecular Hbond substituents is 1. The second kappa shape index (κ2) is 9.33. The van der Waals surface area contributed by atoms with E-state index in [0.717, 1.165) is 37.5 Å². The standard InChI is InChI=1S/C16H25BrN2O2.2ClH/c1-16(2,3)15(19-7-5-18-6-8-19)12-9-11(21-4)10-13(17)14(12)20;;/h9-10,15,18,20H,5-8H2,1-4H3;2*1H/t15-;;/m0../s1. The Balaban J connectivity index is 0.00000242. The molecule has 1 heterocycles. The lowest BCUT2D eigenvalue weighted by Crippen LogP contribution is -2.48. The Bertz CT molecular complexity index is 504. The van der Waals surface area contributed by atoms with Gasteiger partial charge >= 0.3 is 0 Å². The van der Waals surface area contributed by atoms with Crippen LogP contribution in [0.2, 0.25) is 0 Å². The van der Waals surface area contributed by atoms with Crippen molar-refractivity contribution in [3.63, 3.8) is 0 Å². The molecule has 2 rings (SSSR count). The molecule has 0 amide bonds. The smallest absolute Gasteiger partial charge is 0.134 e. The van der Waals surface area contributed by atoms with E-state index in [0.29, 0.717) is 10.2 Å². The van der Waals surface area contributed by atoms with Crippen LogP contribution in [0.5, 0.6) is 11.5 Å². The number of hydrogen-bond acceptors (Lipinski definition) is 4. The van der Waals surface area contributed by atoms with Gasteiger partial charge in [0.05, 0.1) is 11.6 Å². The molecule has 1 saturated heterocycles. The third-order valence-electron chi connectivity index (χ3n) is 3.93. The summed E-state index contributed by atoms with van der Waals surface area (Å²) in [5, 5.41) is 13.9. The highest BCUT2D eigenvalue weighted by atomic mass is 79.9. The molecule has 134 valence electrons. The number of hydrogen-bond donors (Lipinski definition) is 2. The molecule has 1 aliphatic heterocycles. The first-order chi connectivity index (χ1) is 9.84. The van der Waals surface area contributed by atoms with Crippen molar-refractivity contribution in [1.29, 1.82) is 0 Å². The van der Waals surface area contributed by atoms with Crippen LogP contribution in [0, 0.1) is 5.41 Å². The van der Waals surface area contributed by atoms with Crippen LogP contribution in [0.1, 0.15) is 32.4 Å². The minimum Gasteiger partial charge on any atom is -0.506 e. The highest BCUT2D eigenvalue weighted by Crippen LogP contribution is 2.45. The Hall–Kier alpha value is -0.200. The van der Waals surface area contributed by atoms with Crippen molar-refractivity contribution < 1.29 is 9.84 Å². The number of ether oxygens (including phenoxy) is 1. The molecule has 0 aliphatic carbocycles. The second-order valence-corrected chi connectivity index (χ2v) is 7.46. The predicted molar refractivity (Wildman–Crippen MR) is 103 cm³/mol. The van der Waals surface area contributed by atoms with Crippen molar-refractivity contribution in [3.8, 4) is 11.5 Å². The Kier molecular flexibility index (Phi) is 9.25. The summed E-state index contributed by atoms with van der Waals surface area (Å²) in [4.78, 5) is 2.44. The van der Waals surface area contributed by atoms with Crippen molar-refractivity contribution in [2.24, 2.45) is 5.41 Å². The third-order valence-corrected chi connectivity index (χ3v) is 4.54. The van der Waals surface area contributed by atoms with Crippen LogP contribution in [-0.4, -0.2) is 43.3 Å². The van der Waals surface area contributed by atoms with Gasteiger partial charge < -0.3 is 15.2 Å². The molecule has 0 saturated carbocycles. The van der Waals surface area contributed by atoms with Crippen molar-refractivity contribution in [3.05, 3.63) is 22.2 Å². The van der Waals surface area contributed by atoms with E-state index < -0.39 is 0 Å². The second-order valence-electron chi connectivity index (χ2n) is 6.60. The summed E-state index contributed by atoms with van der Waals surface area (Å²) in [7, 11) is 1.65. The first kappa shape index (κ1) is 22.8. The normalized spacial score (nSPS) is 16.9. The zero-order chi connectivity index (χ0) is 15.6. The molecule has 1 aromatic carbocycles. The lowest BCUT2D eigenvalue weighted by molar-refractivity contribution is 0.0840. The van der Waals surface area contributed by atoms with E-state index in [1.165, 1.54) is 0 Å². The van der Waals surface area contributed by atoms with Gasteiger partial charge in [0.15, 0.2) is 0 Å². The molecule has 0 spiro atoms. The third kappa shape index (κ3) is 5.40. The van der Waals surface area contributed by atoms with Gasteiger partial charge in [-0.25, -0.2) is 0 Å². The van der Waals surface area contributed by atoms with Crippen LogP contribution in [-0.2, 0) is 0 Å². The van der Waals surface area contributed by atoms with E-state index in [-0.39, 0.29) is 36.3 Å². The zero-order valence-electron chi connectivity index (χ0n) is 14.1. The van der Waals surface area contributed by atoms with Gasteiger partial charge in [-0.3, -0.25) is 4.90 Å². The molecule has 1 fully saturated rings. The minimum atomic E-state index is 0. The molecule has 23 heavy (non-hydrogen) atoms. The Morgan fingerprint density at radius 3 is 2.26 bits per heavy atom. The lowest BCUT2D eigenvalue weighted by Gasteiger charge is -2.43. The Morgan fingerprint density at radius 1 is 1.22 bits per heavy atom. The quantitative estimate of drug-likeness (QED) is 0.762. The van der Waals surface area contributed by atoms with Gasteiger partial charge in [-0.1, -0.05) is 20.8 Å². The number of nitrogens with one attached hydrogen (secondary N) is 1. The molecule has 1 aromatic rings. The van der Waals surface area contributed by atoms with E-state index in [1.54, 1.807) is 13.2 Å². The average Bonchev–Trinajstić information content (AvgIpc) is 2.43. The monoisotopic (exact) mass is 428 g/mol. The molecule has 0 aromatic heterocycles. The molecular weight excluding hydrogens is 403 g/mol. The number of halogens is 3. The van der Waals surface area contributed by atoms with Crippen LogP contribution in [0.3, 0.4) is 0 Å². The summed E-state index contributed by atoms with van der Waals surface area (Å²) in [6.45, 7) is 10.6. The molecule has 7 heteroatoms. The molecule has 0 bridgehead atoms. The fraction of sp³-hybridized carbons (Fsp3) is 0.625. The van der Waals surface area contributed by atoms with Gasteiger partial charge in [0.25, 0.3) is 0 Å². The number of phenols is 1. The summed E-state index contributed by atoms with van der Waals surface area (Å²) in [5.74, 6) is 1.08. The number of rotatable bonds is 3. The maximum absolute atomic E-state index is 10.5.